The van der Waals surface area contributed by atoms with E-state index in [-0.39, 0.29) is 0 Å². The lowest BCUT2D eigenvalue weighted by atomic mass is 10.1. The lowest BCUT2D eigenvalue weighted by Gasteiger charge is -2.17. The molecule has 0 amide bonds. The minimum absolute atomic E-state index is 0.666. The number of aliphatic hydroxyl groups excluding tert-OH is 2. The van der Waals surface area contributed by atoms with Crippen LogP contribution in [0, 0.1) is 0 Å². The molecule has 5 heteroatoms. The SMILES string of the molecule is C=C[C@@H](O)C1OC(=O)[C@H](OC)C1O. The molecule has 1 aliphatic heterocycles. The van der Waals surface area contributed by atoms with Crippen LogP contribution in [0.25, 0.3) is 0 Å². The van der Waals surface area contributed by atoms with Gasteiger partial charge >= 0.3 is 5.97 Å². The van der Waals surface area contributed by atoms with Gasteiger partial charge in [-0.1, -0.05) is 6.08 Å². The minimum atomic E-state index is -1.15. The summed E-state index contributed by atoms with van der Waals surface area (Å²) in [6.45, 7) is 3.32. The lowest BCUT2D eigenvalue weighted by molar-refractivity contribution is -0.150. The molecule has 13 heavy (non-hydrogen) atoms. The van der Waals surface area contributed by atoms with Crippen LogP contribution >= 0.6 is 0 Å². The van der Waals surface area contributed by atoms with Crippen LogP contribution in [0.3, 0.4) is 0 Å². The molecule has 0 radical (unpaired) electrons. The molecule has 1 aliphatic rings. The standard InChI is InChI=1S/C8H12O5/c1-3-4(9)6-5(10)7(12-2)8(11)13-6/h3-7,9-10H,1H2,2H3/t4-,5?,6?,7-/m1/s1. The van der Waals surface area contributed by atoms with Crippen LogP contribution < -0.4 is 0 Å². The highest BCUT2D eigenvalue weighted by molar-refractivity contribution is 5.78. The molecule has 2 unspecified atom stereocenters. The number of esters is 1. The van der Waals surface area contributed by atoms with Crippen molar-refractivity contribution in [3.63, 3.8) is 0 Å². The maximum atomic E-state index is 11.0. The summed E-state index contributed by atoms with van der Waals surface area (Å²) in [6.07, 6.45) is -3.02. The predicted octanol–water partition coefficient (Wildman–Crippen LogP) is -1.17. The molecule has 1 fully saturated rings. The molecule has 1 saturated heterocycles. The Labute approximate surface area is 75.6 Å². The Bertz CT molecular complexity index is 215. The van der Waals surface area contributed by atoms with E-state index in [0.717, 1.165) is 0 Å². The maximum Gasteiger partial charge on any atom is 0.338 e. The van der Waals surface area contributed by atoms with E-state index in [1.165, 1.54) is 13.2 Å². The van der Waals surface area contributed by atoms with E-state index in [4.69, 9.17) is 9.47 Å². The Morgan fingerprint density at radius 1 is 1.77 bits per heavy atom. The summed E-state index contributed by atoms with van der Waals surface area (Å²) in [4.78, 5) is 11.0. The Kier molecular flexibility index (Phi) is 3.02. The highest BCUT2D eigenvalue weighted by atomic mass is 16.6. The van der Waals surface area contributed by atoms with E-state index in [1.807, 2.05) is 0 Å². The van der Waals surface area contributed by atoms with Gasteiger partial charge in [-0.2, -0.15) is 0 Å². The van der Waals surface area contributed by atoms with Crippen molar-refractivity contribution in [1.82, 2.24) is 0 Å². The molecular weight excluding hydrogens is 176 g/mol. The van der Waals surface area contributed by atoms with Crippen molar-refractivity contribution in [3.05, 3.63) is 12.7 Å². The molecule has 0 spiro atoms. The number of methoxy groups -OCH3 is 1. The second-order valence-corrected chi connectivity index (χ2v) is 2.77. The second-order valence-electron chi connectivity index (χ2n) is 2.77. The van der Waals surface area contributed by atoms with Crippen molar-refractivity contribution in [1.29, 1.82) is 0 Å². The van der Waals surface area contributed by atoms with Gasteiger partial charge in [0.1, 0.15) is 12.2 Å². The number of hydrogen-bond donors (Lipinski definition) is 2. The lowest BCUT2D eigenvalue weighted by Crippen LogP contribution is -2.38. The van der Waals surface area contributed by atoms with E-state index in [1.54, 1.807) is 0 Å². The number of rotatable bonds is 3. The molecule has 0 aromatic heterocycles. The first-order valence-electron chi connectivity index (χ1n) is 3.83. The second kappa shape index (κ2) is 3.87. The molecule has 74 valence electrons. The minimum Gasteiger partial charge on any atom is -0.454 e. The van der Waals surface area contributed by atoms with Crippen molar-refractivity contribution in [2.24, 2.45) is 0 Å². The molecule has 0 aromatic rings. The number of hydrogen-bond acceptors (Lipinski definition) is 5. The van der Waals surface area contributed by atoms with Gasteiger partial charge in [-0.15, -0.1) is 6.58 Å². The predicted molar refractivity (Wildman–Crippen MR) is 42.9 cm³/mol. The maximum absolute atomic E-state index is 11.0. The van der Waals surface area contributed by atoms with Gasteiger partial charge in [-0.3, -0.25) is 0 Å². The third-order valence-corrected chi connectivity index (χ3v) is 1.96. The molecule has 2 N–H and O–H groups in total. The van der Waals surface area contributed by atoms with Gasteiger partial charge in [0, 0.05) is 7.11 Å². The molecule has 1 rings (SSSR count). The fraction of sp³-hybridized carbons (Fsp3) is 0.625. The van der Waals surface area contributed by atoms with Gasteiger partial charge in [0.25, 0.3) is 0 Å². The number of aliphatic hydroxyl groups is 2. The zero-order valence-electron chi connectivity index (χ0n) is 7.21. The first-order valence-corrected chi connectivity index (χ1v) is 3.83. The van der Waals surface area contributed by atoms with Crippen molar-refractivity contribution in [2.45, 2.75) is 24.4 Å². The third kappa shape index (κ3) is 1.72. The number of ether oxygens (including phenoxy) is 2. The van der Waals surface area contributed by atoms with Crippen molar-refractivity contribution < 1.29 is 24.5 Å². The summed E-state index contributed by atoms with van der Waals surface area (Å²) in [6, 6.07) is 0. The summed E-state index contributed by atoms with van der Waals surface area (Å²) in [5.74, 6) is -0.666. The largest absolute Gasteiger partial charge is 0.454 e. The summed E-state index contributed by atoms with van der Waals surface area (Å²) >= 11 is 0. The average molecular weight is 188 g/mol. The van der Waals surface area contributed by atoms with Crippen LogP contribution in [0.5, 0.6) is 0 Å². The molecule has 0 aromatic carbocycles. The van der Waals surface area contributed by atoms with Gasteiger partial charge < -0.3 is 19.7 Å². The Morgan fingerprint density at radius 2 is 2.38 bits per heavy atom. The van der Waals surface area contributed by atoms with E-state index < -0.39 is 30.4 Å². The topological polar surface area (TPSA) is 76.0 Å². The van der Waals surface area contributed by atoms with Crippen molar-refractivity contribution in [3.8, 4) is 0 Å². The van der Waals surface area contributed by atoms with Crippen LogP contribution in [0.15, 0.2) is 12.7 Å². The van der Waals surface area contributed by atoms with Gasteiger partial charge in [0.15, 0.2) is 12.2 Å². The average Bonchev–Trinajstić information content (AvgIpc) is 2.40. The van der Waals surface area contributed by atoms with E-state index in [9.17, 15) is 15.0 Å². The quantitative estimate of drug-likeness (QED) is 0.431. The zero-order valence-corrected chi connectivity index (χ0v) is 7.21. The summed E-state index contributed by atoms with van der Waals surface area (Å²) in [5.41, 5.74) is 0. The van der Waals surface area contributed by atoms with Crippen LogP contribution in [-0.2, 0) is 14.3 Å². The first-order chi connectivity index (χ1) is 6.11. The molecular formula is C8H12O5. The summed E-state index contributed by atoms with van der Waals surface area (Å²) in [5, 5.41) is 18.7. The zero-order chi connectivity index (χ0) is 10.0. The Hall–Kier alpha value is -0.910. The Morgan fingerprint density at radius 3 is 2.77 bits per heavy atom. The molecule has 5 nitrogen and oxygen atoms in total. The van der Waals surface area contributed by atoms with Crippen molar-refractivity contribution in [2.75, 3.05) is 7.11 Å². The normalized spacial score (nSPS) is 35.6. The smallest absolute Gasteiger partial charge is 0.338 e. The van der Waals surface area contributed by atoms with Gasteiger partial charge in [0.2, 0.25) is 0 Å². The molecule has 1 heterocycles. The van der Waals surface area contributed by atoms with E-state index >= 15 is 0 Å². The summed E-state index contributed by atoms with van der Waals surface area (Å²) < 4.78 is 9.39. The highest BCUT2D eigenvalue weighted by Crippen LogP contribution is 2.21. The first kappa shape index (κ1) is 10.2. The summed E-state index contributed by atoms with van der Waals surface area (Å²) in [7, 11) is 1.29. The third-order valence-electron chi connectivity index (χ3n) is 1.96. The molecule has 4 atom stereocenters. The van der Waals surface area contributed by atoms with Crippen LogP contribution in [0.4, 0.5) is 0 Å². The van der Waals surface area contributed by atoms with Gasteiger partial charge in [-0.25, -0.2) is 4.79 Å². The van der Waals surface area contributed by atoms with Gasteiger partial charge in [0.05, 0.1) is 0 Å². The van der Waals surface area contributed by atoms with Crippen molar-refractivity contribution >= 4 is 5.97 Å². The van der Waals surface area contributed by atoms with Crippen LogP contribution in [-0.4, -0.2) is 47.7 Å². The number of carbonyl (C=O) groups is 1. The Balaban J connectivity index is 2.72. The van der Waals surface area contributed by atoms with Gasteiger partial charge in [-0.05, 0) is 0 Å². The van der Waals surface area contributed by atoms with Crippen LogP contribution in [0.1, 0.15) is 0 Å². The van der Waals surface area contributed by atoms with Crippen LogP contribution in [0.2, 0.25) is 0 Å². The molecule has 0 saturated carbocycles. The molecule has 0 bridgehead atoms. The van der Waals surface area contributed by atoms with E-state index in [0.29, 0.717) is 0 Å². The number of carbonyl (C=O) groups excluding carboxylic acids is 1. The fourth-order valence-electron chi connectivity index (χ4n) is 1.22. The fourth-order valence-corrected chi connectivity index (χ4v) is 1.22. The highest BCUT2D eigenvalue weighted by Gasteiger charge is 2.46. The number of cyclic esters (lactones) is 1. The monoisotopic (exact) mass is 188 g/mol. The van der Waals surface area contributed by atoms with E-state index in [2.05, 4.69) is 6.58 Å². The molecule has 0 aliphatic carbocycles.